The Bertz CT molecular complexity index is 1080. The van der Waals surface area contributed by atoms with Gasteiger partial charge in [0.2, 0.25) is 16.0 Å². The van der Waals surface area contributed by atoms with Gasteiger partial charge in [-0.2, -0.15) is 4.31 Å². The molecule has 0 radical (unpaired) electrons. The van der Waals surface area contributed by atoms with Gasteiger partial charge < -0.3 is 10.1 Å². The number of ether oxygens (including phenoxy) is 1. The molecule has 1 atom stereocenters. The molecule has 0 aliphatic carbocycles. The molecule has 0 saturated carbocycles. The van der Waals surface area contributed by atoms with Crippen molar-refractivity contribution in [2.45, 2.75) is 18.9 Å². The molecule has 1 aliphatic rings. The van der Waals surface area contributed by atoms with Crippen LogP contribution in [0.15, 0.2) is 61.2 Å². The third-order valence-corrected chi connectivity index (χ3v) is 6.84. The lowest BCUT2D eigenvalue weighted by Gasteiger charge is -2.31. The maximum absolute atomic E-state index is 12.9. The molecule has 1 aliphatic heterocycles. The molecule has 1 aromatic carbocycles. The predicted molar refractivity (Wildman–Crippen MR) is 116 cm³/mol. The normalized spacial score (nSPS) is 17.4. The minimum absolute atomic E-state index is 0.104. The quantitative estimate of drug-likeness (QED) is 0.568. The summed E-state index contributed by atoms with van der Waals surface area (Å²) in [7, 11) is -3.38. The summed E-state index contributed by atoms with van der Waals surface area (Å²) in [5, 5.41) is 2.99. The Morgan fingerprint density at radius 3 is 2.71 bits per heavy atom. The summed E-state index contributed by atoms with van der Waals surface area (Å²) in [4.78, 5) is 16.9. The predicted octanol–water partition coefficient (Wildman–Crippen LogP) is 2.35. The molecule has 9 nitrogen and oxygen atoms in total. The van der Waals surface area contributed by atoms with Crippen molar-refractivity contribution < 1.29 is 13.2 Å². The molecule has 1 fully saturated rings. The van der Waals surface area contributed by atoms with Crippen molar-refractivity contribution in [3.05, 3.63) is 72.4 Å². The molecule has 3 heterocycles. The van der Waals surface area contributed by atoms with E-state index in [0.717, 1.165) is 12.0 Å². The van der Waals surface area contributed by atoms with Gasteiger partial charge in [0.05, 0.1) is 30.4 Å². The minimum atomic E-state index is -3.38. The second-order valence-corrected chi connectivity index (χ2v) is 9.24. The van der Waals surface area contributed by atoms with Crippen LogP contribution in [-0.4, -0.2) is 58.1 Å². The highest BCUT2D eigenvalue weighted by Crippen LogP contribution is 2.24. The average Bonchev–Trinajstić information content (AvgIpc) is 2.81. The van der Waals surface area contributed by atoms with Crippen LogP contribution >= 0.6 is 0 Å². The van der Waals surface area contributed by atoms with Gasteiger partial charge in [-0.3, -0.25) is 4.98 Å². The maximum Gasteiger partial charge on any atom is 0.228 e. The van der Waals surface area contributed by atoms with Crippen LogP contribution in [0, 0.1) is 0 Å². The first-order valence-corrected chi connectivity index (χ1v) is 11.7. The highest BCUT2D eigenvalue weighted by Gasteiger charge is 2.31. The highest BCUT2D eigenvalue weighted by molar-refractivity contribution is 7.89. The van der Waals surface area contributed by atoms with Crippen LogP contribution in [0.25, 0.3) is 0 Å². The van der Waals surface area contributed by atoms with E-state index in [1.54, 1.807) is 30.9 Å². The number of aromatic nitrogens is 4. The van der Waals surface area contributed by atoms with Crippen molar-refractivity contribution >= 4 is 21.8 Å². The number of benzene rings is 1. The van der Waals surface area contributed by atoms with E-state index >= 15 is 0 Å². The molecule has 31 heavy (non-hydrogen) atoms. The largest absolute Gasteiger partial charge is 0.369 e. The summed E-state index contributed by atoms with van der Waals surface area (Å²) >= 11 is 0. The molecular weight excluding hydrogens is 416 g/mol. The van der Waals surface area contributed by atoms with E-state index < -0.39 is 16.1 Å². The maximum atomic E-state index is 12.9. The van der Waals surface area contributed by atoms with Gasteiger partial charge in [0, 0.05) is 25.5 Å². The Labute approximate surface area is 181 Å². The molecule has 162 valence electrons. The summed E-state index contributed by atoms with van der Waals surface area (Å²) in [6, 6.07) is 11.6. The molecule has 0 amide bonds. The van der Waals surface area contributed by atoms with Crippen LogP contribution in [0.5, 0.6) is 0 Å². The summed E-state index contributed by atoms with van der Waals surface area (Å²) in [5.41, 5.74) is 1.70. The van der Waals surface area contributed by atoms with E-state index in [0.29, 0.717) is 37.0 Å². The van der Waals surface area contributed by atoms with Gasteiger partial charge in [0.15, 0.2) is 5.82 Å². The smallest absolute Gasteiger partial charge is 0.228 e. The first-order chi connectivity index (χ1) is 15.1. The monoisotopic (exact) mass is 440 g/mol. The van der Waals surface area contributed by atoms with E-state index in [-0.39, 0.29) is 12.3 Å². The SMILES string of the molecule is O=S(=O)(CCCc1ccccc1)N1CCO[C@H](c2cncc(Nc3ncccn3)n2)C1. The summed E-state index contributed by atoms with van der Waals surface area (Å²) in [6.07, 6.45) is 7.21. The number of anilines is 2. The molecule has 10 heteroatoms. The minimum Gasteiger partial charge on any atom is -0.369 e. The molecule has 1 saturated heterocycles. The molecular formula is C21H24N6O3S. The fraction of sp³-hybridized carbons (Fsp3) is 0.333. The zero-order valence-electron chi connectivity index (χ0n) is 17.0. The Hall–Kier alpha value is -2.95. The zero-order chi connectivity index (χ0) is 21.5. The van der Waals surface area contributed by atoms with Crippen LogP contribution in [0.4, 0.5) is 11.8 Å². The van der Waals surface area contributed by atoms with E-state index in [1.807, 2.05) is 30.3 Å². The lowest BCUT2D eigenvalue weighted by molar-refractivity contribution is -0.00505. The first-order valence-electron chi connectivity index (χ1n) is 10.1. The topological polar surface area (TPSA) is 110 Å². The lowest BCUT2D eigenvalue weighted by atomic mass is 10.1. The van der Waals surface area contributed by atoms with Gasteiger partial charge >= 0.3 is 0 Å². The average molecular weight is 441 g/mol. The van der Waals surface area contributed by atoms with Crippen molar-refractivity contribution in [3.8, 4) is 0 Å². The van der Waals surface area contributed by atoms with Crippen LogP contribution in [-0.2, 0) is 21.2 Å². The van der Waals surface area contributed by atoms with Crippen LogP contribution in [0.2, 0.25) is 0 Å². The van der Waals surface area contributed by atoms with Crippen LogP contribution in [0.3, 0.4) is 0 Å². The number of morpholine rings is 1. The summed E-state index contributed by atoms with van der Waals surface area (Å²) < 4.78 is 33.0. The Balaban J connectivity index is 1.38. The number of rotatable bonds is 8. The number of nitrogens with zero attached hydrogens (tertiary/aromatic N) is 5. The third kappa shape index (κ3) is 5.81. The van der Waals surface area contributed by atoms with Crippen LogP contribution < -0.4 is 5.32 Å². The molecule has 0 bridgehead atoms. The van der Waals surface area contributed by atoms with E-state index in [1.165, 1.54) is 4.31 Å². The Kier molecular flexibility index (Phi) is 6.80. The molecule has 1 N–H and O–H groups in total. The van der Waals surface area contributed by atoms with Crippen molar-refractivity contribution in [1.82, 2.24) is 24.2 Å². The number of hydrogen-bond acceptors (Lipinski definition) is 8. The van der Waals surface area contributed by atoms with Gasteiger partial charge in [-0.1, -0.05) is 30.3 Å². The molecule has 0 spiro atoms. The first kappa shape index (κ1) is 21.3. The van der Waals surface area contributed by atoms with Gasteiger partial charge in [-0.15, -0.1) is 0 Å². The number of sulfonamides is 1. The van der Waals surface area contributed by atoms with E-state index in [4.69, 9.17) is 4.74 Å². The molecule has 4 rings (SSSR count). The van der Waals surface area contributed by atoms with Gasteiger partial charge in [0.25, 0.3) is 0 Å². The Morgan fingerprint density at radius 1 is 1.10 bits per heavy atom. The summed E-state index contributed by atoms with van der Waals surface area (Å²) in [5.74, 6) is 0.976. The third-order valence-electron chi connectivity index (χ3n) is 4.92. The number of nitrogens with one attached hydrogen (secondary N) is 1. The standard InChI is InChI=1S/C21H24N6O3S/c28-31(29,13-4-8-17-6-2-1-3-7-17)27-11-12-30-19(16-27)18-14-22-15-20(25-18)26-21-23-9-5-10-24-21/h1-3,5-7,9-10,14-15,19H,4,8,11-13,16H2,(H,23,24,25,26)/t19-/m0/s1. The number of hydrogen-bond donors (Lipinski definition) is 1. The van der Waals surface area contributed by atoms with Gasteiger partial charge in [-0.25, -0.2) is 23.4 Å². The lowest BCUT2D eigenvalue weighted by Crippen LogP contribution is -2.43. The van der Waals surface area contributed by atoms with Crippen molar-refractivity contribution in [3.63, 3.8) is 0 Å². The second kappa shape index (κ2) is 9.90. The molecule has 0 unspecified atom stereocenters. The zero-order valence-corrected chi connectivity index (χ0v) is 17.8. The molecule has 3 aromatic rings. The van der Waals surface area contributed by atoms with Gasteiger partial charge in [0.1, 0.15) is 6.10 Å². The van der Waals surface area contributed by atoms with Crippen molar-refractivity contribution in [2.75, 3.05) is 30.8 Å². The second-order valence-electron chi connectivity index (χ2n) is 7.15. The molecule has 2 aromatic heterocycles. The fourth-order valence-corrected chi connectivity index (χ4v) is 4.85. The Morgan fingerprint density at radius 2 is 1.90 bits per heavy atom. The fourth-order valence-electron chi connectivity index (χ4n) is 3.36. The summed E-state index contributed by atoms with van der Waals surface area (Å²) in [6.45, 7) is 0.866. The van der Waals surface area contributed by atoms with Crippen LogP contribution in [0.1, 0.15) is 23.8 Å². The highest BCUT2D eigenvalue weighted by atomic mass is 32.2. The van der Waals surface area contributed by atoms with Gasteiger partial charge in [-0.05, 0) is 24.5 Å². The van der Waals surface area contributed by atoms with Crippen molar-refractivity contribution in [1.29, 1.82) is 0 Å². The van der Waals surface area contributed by atoms with Crippen molar-refractivity contribution in [2.24, 2.45) is 0 Å². The van der Waals surface area contributed by atoms with E-state index in [2.05, 4.69) is 25.3 Å². The number of aryl methyl sites for hydroxylation is 1. The van der Waals surface area contributed by atoms with E-state index in [9.17, 15) is 8.42 Å².